The maximum Gasteiger partial charge on any atom is 0.154 e. The van der Waals surface area contributed by atoms with Crippen molar-refractivity contribution >= 4 is 11.6 Å². The van der Waals surface area contributed by atoms with E-state index in [9.17, 15) is 9.59 Å². The lowest BCUT2D eigenvalue weighted by Crippen LogP contribution is -1.86. The van der Waals surface area contributed by atoms with E-state index in [1.807, 2.05) is 6.92 Å². The Morgan fingerprint density at radius 3 is 1.30 bits per heavy atom. The van der Waals surface area contributed by atoms with Crippen LogP contribution in [-0.4, -0.2) is 18.7 Å². The first-order valence-corrected chi connectivity index (χ1v) is 10.3. The van der Waals surface area contributed by atoms with Crippen LogP contribution in [0.3, 0.4) is 0 Å². The van der Waals surface area contributed by atoms with Gasteiger partial charge in [-0.2, -0.15) is 0 Å². The fourth-order valence-corrected chi connectivity index (χ4v) is 0.316. The molecule has 0 atom stereocenters. The van der Waals surface area contributed by atoms with E-state index in [4.69, 9.17) is 11.2 Å². The molecule has 0 spiro atoms. The molecule has 3 nitrogen and oxygen atoms in total. The fraction of sp³-hybridized carbons (Fsp3) is 0.400. The van der Waals surface area contributed by atoms with Gasteiger partial charge in [0, 0.05) is 6.42 Å². The molecule has 186 valence electrons. The van der Waals surface area contributed by atoms with Crippen molar-refractivity contribution in [2.45, 2.75) is 74.7 Å². The third kappa shape index (κ3) is 181. The van der Waals surface area contributed by atoms with E-state index < -0.39 is 0 Å². The number of hydrogen-bond acceptors (Lipinski definition) is 3. The van der Waals surface area contributed by atoms with Gasteiger partial charge in [-0.25, -0.2) is 0 Å². The molecule has 0 radical (unpaired) electrons. The van der Waals surface area contributed by atoms with Crippen LogP contribution in [0.5, 0.6) is 0 Å². The van der Waals surface area contributed by atoms with Crippen LogP contribution in [0, 0.1) is 36.5 Å². The van der Waals surface area contributed by atoms with Crippen molar-refractivity contribution in [2.75, 3.05) is 7.11 Å². The van der Waals surface area contributed by atoms with Crippen molar-refractivity contribution in [2.24, 2.45) is 0 Å². The maximum absolute atomic E-state index is 10.0. The van der Waals surface area contributed by atoms with Gasteiger partial charge in [0.25, 0.3) is 0 Å². The van der Waals surface area contributed by atoms with E-state index >= 15 is 0 Å². The molecule has 0 aliphatic carbocycles. The zero-order valence-corrected chi connectivity index (χ0v) is 22.8. The summed E-state index contributed by atoms with van der Waals surface area (Å²) in [6.07, 6.45) is 17.5. The van der Waals surface area contributed by atoms with Gasteiger partial charge in [0.15, 0.2) is 11.6 Å². The van der Waals surface area contributed by atoms with E-state index in [1.54, 1.807) is 40.0 Å². The predicted octanol–water partition coefficient (Wildman–Crippen LogP) is 7.92. The number of unbranched alkanes of at least 4 members (excludes halogenated alkanes) is 1. The highest BCUT2D eigenvalue weighted by Crippen LogP contribution is 1.95. The fourth-order valence-electron chi connectivity index (χ4n) is 0.316. The van der Waals surface area contributed by atoms with Crippen molar-refractivity contribution in [3.05, 3.63) is 62.5 Å². The molecular formula is C30H48O3. The number of Topliss-reactive ketones (excluding diaryl/α,β-unsaturated/α-hetero) is 1. The minimum absolute atomic E-state index is 0.0185. The largest absolute Gasteiger partial charge is 0.501 e. The van der Waals surface area contributed by atoms with Crippen LogP contribution in [0.4, 0.5) is 0 Å². The van der Waals surface area contributed by atoms with Gasteiger partial charge < -0.3 is 4.74 Å². The summed E-state index contributed by atoms with van der Waals surface area (Å²) >= 11 is 0. The van der Waals surface area contributed by atoms with Gasteiger partial charge in [-0.1, -0.05) is 64.5 Å². The quantitative estimate of drug-likeness (QED) is 0.176. The topological polar surface area (TPSA) is 43.4 Å². The molecule has 0 bridgehead atoms. The SMILES string of the molecule is C#CC.C#CC#CC.C=C(C)C(C)=O.C=CC.C=CC(C)=O.C=CCC(=C)OC.CCCC. The van der Waals surface area contributed by atoms with Crippen LogP contribution < -0.4 is 0 Å². The minimum atomic E-state index is 0.0185. The number of rotatable bonds is 6. The van der Waals surface area contributed by atoms with Crippen LogP contribution in [0.2, 0.25) is 0 Å². The standard InChI is InChI=1S/C6H10O.C5H8O.C5H4.C4H6O.C4H10.C3H6.C3H4/c1-4-5-6(2)7-3;1-4(2)5(3)6;1-3-5-4-2;1-3-4(2)5;1-3-4-2;2*1-3-2/h4H,1-2,5H2,3H3;1H2,2-3H3;1H,2H3;3H,1H2,2H3;3-4H2,1-2H3;3H,1H2,2H3;1H,2H3. The molecule has 0 amide bonds. The van der Waals surface area contributed by atoms with E-state index in [1.165, 1.54) is 32.8 Å². The monoisotopic (exact) mass is 456 g/mol. The number of methoxy groups -OCH3 is 1. The smallest absolute Gasteiger partial charge is 0.154 e. The summed E-state index contributed by atoms with van der Waals surface area (Å²) in [6.45, 7) is 31.3. The number of allylic oxidation sites excluding steroid dienone is 4. The first-order chi connectivity index (χ1) is 15.4. The van der Waals surface area contributed by atoms with Crippen molar-refractivity contribution < 1.29 is 14.3 Å². The molecule has 3 heteroatoms. The number of carbonyl (C=O) groups excluding carboxylic acids is 2. The molecule has 33 heavy (non-hydrogen) atoms. The molecule has 0 saturated carbocycles. The second-order valence-electron chi connectivity index (χ2n) is 5.60. The second kappa shape index (κ2) is 56.7. The average molecular weight is 457 g/mol. The highest BCUT2D eigenvalue weighted by molar-refractivity contribution is 5.91. The third-order valence-electron chi connectivity index (χ3n) is 2.25. The van der Waals surface area contributed by atoms with E-state index in [0.29, 0.717) is 5.57 Å². The number of terminal acetylenes is 2. The van der Waals surface area contributed by atoms with Crippen LogP contribution in [-0.2, 0) is 14.3 Å². The van der Waals surface area contributed by atoms with E-state index in [-0.39, 0.29) is 11.6 Å². The second-order valence-corrected chi connectivity index (χ2v) is 5.60. The van der Waals surface area contributed by atoms with Gasteiger partial charge in [0.05, 0.1) is 12.9 Å². The Labute approximate surface area is 206 Å². The zero-order chi connectivity index (χ0) is 28.1. The highest BCUT2D eigenvalue weighted by atomic mass is 16.5. The molecule has 0 aromatic heterocycles. The number of ketones is 2. The minimum Gasteiger partial charge on any atom is -0.501 e. The summed E-state index contributed by atoms with van der Waals surface area (Å²) in [5, 5.41) is 0. The predicted molar refractivity (Wildman–Crippen MR) is 151 cm³/mol. The maximum atomic E-state index is 10.0. The van der Waals surface area contributed by atoms with Crippen molar-refractivity contribution in [3.8, 4) is 36.5 Å². The van der Waals surface area contributed by atoms with E-state index in [2.05, 4.69) is 76.8 Å². The molecule has 0 saturated heterocycles. The Kier molecular flexibility index (Phi) is 81.3. The third-order valence-corrected chi connectivity index (χ3v) is 2.25. The van der Waals surface area contributed by atoms with Crippen molar-refractivity contribution in [1.82, 2.24) is 0 Å². The van der Waals surface area contributed by atoms with Crippen molar-refractivity contribution in [3.63, 3.8) is 0 Å². The molecule has 0 heterocycles. The first-order valence-electron chi connectivity index (χ1n) is 10.3. The van der Waals surface area contributed by atoms with Crippen LogP contribution >= 0.6 is 0 Å². The summed E-state index contributed by atoms with van der Waals surface area (Å²) in [5.74, 6) is 10.2. The lowest BCUT2D eigenvalue weighted by molar-refractivity contribution is -0.114. The zero-order valence-electron chi connectivity index (χ0n) is 22.8. The Bertz CT molecular complexity index is 625. The molecule has 0 aromatic carbocycles. The first kappa shape index (κ1) is 47.3. The Morgan fingerprint density at radius 1 is 0.970 bits per heavy atom. The molecular weight excluding hydrogens is 408 g/mol. The van der Waals surface area contributed by atoms with Crippen LogP contribution in [0.25, 0.3) is 0 Å². The molecule has 0 aliphatic rings. The lowest BCUT2D eigenvalue weighted by Gasteiger charge is -1.95. The number of hydrogen-bond donors (Lipinski definition) is 0. The van der Waals surface area contributed by atoms with Gasteiger partial charge in [-0.3, -0.25) is 9.59 Å². The summed E-state index contributed by atoms with van der Waals surface area (Å²) in [6, 6.07) is 0. The lowest BCUT2D eigenvalue weighted by atomic mass is 10.3. The van der Waals surface area contributed by atoms with Crippen molar-refractivity contribution in [1.29, 1.82) is 0 Å². The molecule has 0 aromatic rings. The number of ether oxygens (including phenoxy) is 1. The van der Waals surface area contributed by atoms with Crippen LogP contribution in [0.15, 0.2) is 62.5 Å². The van der Waals surface area contributed by atoms with Gasteiger partial charge in [-0.05, 0) is 65.0 Å². The Balaban J connectivity index is -0.0000000488. The number of carbonyl (C=O) groups is 2. The van der Waals surface area contributed by atoms with Gasteiger partial charge in [-0.15, -0.1) is 31.9 Å². The molecule has 0 unspecified atom stereocenters. The molecule has 0 N–H and O–H groups in total. The molecule has 0 aliphatic heterocycles. The normalized spacial score (nSPS) is 6.03. The Morgan fingerprint density at radius 2 is 1.27 bits per heavy atom. The summed E-state index contributed by atoms with van der Waals surface area (Å²) in [7, 11) is 1.60. The van der Waals surface area contributed by atoms with Gasteiger partial charge in [0.2, 0.25) is 0 Å². The Hall–Kier alpha value is -3.48. The summed E-state index contributed by atoms with van der Waals surface area (Å²) < 4.78 is 4.72. The van der Waals surface area contributed by atoms with E-state index in [0.717, 1.165) is 12.2 Å². The summed E-state index contributed by atoms with van der Waals surface area (Å²) in [5.41, 5.74) is 0.620. The van der Waals surface area contributed by atoms with Gasteiger partial charge in [0.1, 0.15) is 0 Å². The average Bonchev–Trinajstić information content (AvgIpc) is 2.77. The highest BCUT2D eigenvalue weighted by Gasteiger charge is 1.85. The van der Waals surface area contributed by atoms with Gasteiger partial charge >= 0.3 is 0 Å². The molecule has 0 rings (SSSR count). The van der Waals surface area contributed by atoms with Crippen LogP contribution in [0.1, 0.15) is 74.7 Å². The molecule has 0 fully saturated rings. The summed E-state index contributed by atoms with van der Waals surface area (Å²) in [4.78, 5) is 19.7.